The molecule has 0 bridgehead atoms. The number of hydrogen-bond donors (Lipinski definition) is 0. The molecule has 2 aromatic heterocycles. The van der Waals surface area contributed by atoms with Crippen molar-refractivity contribution >= 4 is 11.6 Å². The van der Waals surface area contributed by atoms with E-state index in [1.807, 2.05) is 12.1 Å². The standard InChI is InChI=1S/C17H17F3N4O/c1-12-14(2-3-15(22-12)17(18,19)20)16(25)24-10-8-23(9-11-24)13-4-6-21-7-5-13/h2-7H,8-11H2,1H3. The van der Waals surface area contributed by atoms with Crippen LogP contribution < -0.4 is 4.90 Å². The highest BCUT2D eigenvalue weighted by Crippen LogP contribution is 2.28. The number of carbonyl (C=O) groups is 1. The van der Waals surface area contributed by atoms with Crippen LogP contribution in [-0.2, 0) is 6.18 Å². The Morgan fingerprint density at radius 1 is 1.04 bits per heavy atom. The number of rotatable bonds is 2. The molecular formula is C17H17F3N4O. The molecule has 5 nitrogen and oxygen atoms in total. The molecule has 2 aromatic rings. The van der Waals surface area contributed by atoms with Crippen LogP contribution in [0, 0.1) is 6.92 Å². The van der Waals surface area contributed by atoms with Crippen LogP contribution in [0.3, 0.4) is 0 Å². The first-order valence-corrected chi connectivity index (χ1v) is 7.85. The molecule has 25 heavy (non-hydrogen) atoms. The zero-order chi connectivity index (χ0) is 18.0. The number of piperazine rings is 1. The molecule has 132 valence electrons. The summed E-state index contributed by atoms with van der Waals surface area (Å²) in [6.45, 7) is 3.74. The van der Waals surface area contributed by atoms with Crippen molar-refractivity contribution in [1.29, 1.82) is 0 Å². The average molecular weight is 350 g/mol. The first-order chi connectivity index (χ1) is 11.9. The van der Waals surface area contributed by atoms with Gasteiger partial charge in [0.15, 0.2) is 0 Å². The van der Waals surface area contributed by atoms with E-state index in [4.69, 9.17) is 0 Å². The first-order valence-electron chi connectivity index (χ1n) is 7.85. The van der Waals surface area contributed by atoms with Gasteiger partial charge >= 0.3 is 6.18 Å². The van der Waals surface area contributed by atoms with Crippen molar-refractivity contribution in [2.24, 2.45) is 0 Å². The van der Waals surface area contributed by atoms with Crippen LogP contribution in [-0.4, -0.2) is 47.0 Å². The van der Waals surface area contributed by atoms with Crippen molar-refractivity contribution in [3.05, 3.63) is 53.6 Å². The van der Waals surface area contributed by atoms with Gasteiger partial charge < -0.3 is 9.80 Å². The number of carbonyl (C=O) groups excluding carboxylic acids is 1. The van der Waals surface area contributed by atoms with Gasteiger partial charge in [-0.15, -0.1) is 0 Å². The Morgan fingerprint density at radius 3 is 2.24 bits per heavy atom. The van der Waals surface area contributed by atoms with Crippen LogP contribution in [0.2, 0.25) is 0 Å². The summed E-state index contributed by atoms with van der Waals surface area (Å²) in [5, 5.41) is 0. The van der Waals surface area contributed by atoms with E-state index in [2.05, 4.69) is 14.9 Å². The molecule has 0 aliphatic carbocycles. The smallest absolute Gasteiger partial charge is 0.368 e. The van der Waals surface area contributed by atoms with Crippen LogP contribution in [0.25, 0.3) is 0 Å². The van der Waals surface area contributed by atoms with Crippen molar-refractivity contribution in [2.75, 3.05) is 31.1 Å². The van der Waals surface area contributed by atoms with E-state index in [0.29, 0.717) is 26.2 Å². The van der Waals surface area contributed by atoms with Gasteiger partial charge in [-0.05, 0) is 31.2 Å². The fraction of sp³-hybridized carbons (Fsp3) is 0.353. The molecular weight excluding hydrogens is 333 g/mol. The molecule has 1 saturated heterocycles. The molecule has 3 rings (SSSR count). The lowest BCUT2D eigenvalue weighted by molar-refractivity contribution is -0.141. The predicted octanol–water partition coefficient (Wildman–Crippen LogP) is 2.77. The van der Waals surface area contributed by atoms with Crippen LogP contribution in [0.15, 0.2) is 36.7 Å². The molecule has 8 heteroatoms. The highest BCUT2D eigenvalue weighted by molar-refractivity contribution is 5.95. The molecule has 1 aliphatic rings. The molecule has 3 heterocycles. The summed E-state index contributed by atoms with van der Waals surface area (Å²) in [5.74, 6) is -0.284. The number of pyridine rings is 2. The second-order valence-corrected chi connectivity index (χ2v) is 5.81. The van der Waals surface area contributed by atoms with Crippen LogP contribution in [0.1, 0.15) is 21.7 Å². The van der Waals surface area contributed by atoms with Gasteiger partial charge in [-0.2, -0.15) is 13.2 Å². The zero-order valence-corrected chi connectivity index (χ0v) is 13.6. The molecule has 0 saturated carbocycles. The van der Waals surface area contributed by atoms with Gasteiger partial charge in [0.1, 0.15) is 5.69 Å². The molecule has 0 aromatic carbocycles. The number of aromatic nitrogens is 2. The minimum atomic E-state index is -4.51. The van der Waals surface area contributed by atoms with E-state index in [1.54, 1.807) is 17.3 Å². The summed E-state index contributed by atoms with van der Waals surface area (Å²) < 4.78 is 38.1. The quantitative estimate of drug-likeness (QED) is 0.836. The fourth-order valence-corrected chi connectivity index (χ4v) is 2.84. The van der Waals surface area contributed by atoms with Crippen molar-refractivity contribution < 1.29 is 18.0 Å². The topological polar surface area (TPSA) is 49.3 Å². The number of alkyl halides is 3. The van der Waals surface area contributed by atoms with E-state index in [9.17, 15) is 18.0 Å². The van der Waals surface area contributed by atoms with Gasteiger partial charge in [-0.1, -0.05) is 0 Å². The van der Waals surface area contributed by atoms with Gasteiger partial charge in [-0.25, -0.2) is 4.98 Å². The second kappa shape index (κ2) is 6.70. The number of aryl methyl sites for hydroxylation is 1. The molecule has 1 aliphatic heterocycles. The Morgan fingerprint density at radius 2 is 1.68 bits per heavy atom. The number of nitrogens with zero attached hydrogens (tertiary/aromatic N) is 4. The van der Waals surface area contributed by atoms with Gasteiger partial charge in [0.25, 0.3) is 5.91 Å². The minimum Gasteiger partial charge on any atom is -0.368 e. The molecule has 1 amide bonds. The van der Waals surface area contributed by atoms with E-state index >= 15 is 0 Å². The summed E-state index contributed by atoms with van der Waals surface area (Å²) in [4.78, 5) is 23.9. The summed E-state index contributed by atoms with van der Waals surface area (Å²) in [7, 11) is 0. The van der Waals surface area contributed by atoms with E-state index < -0.39 is 11.9 Å². The molecule has 1 fully saturated rings. The summed E-state index contributed by atoms with van der Waals surface area (Å²) in [6, 6.07) is 5.87. The van der Waals surface area contributed by atoms with Gasteiger partial charge in [0.2, 0.25) is 0 Å². The maximum Gasteiger partial charge on any atom is 0.433 e. The summed E-state index contributed by atoms with van der Waals surface area (Å²) >= 11 is 0. The second-order valence-electron chi connectivity index (χ2n) is 5.81. The van der Waals surface area contributed by atoms with E-state index in [0.717, 1.165) is 11.8 Å². The van der Waals surface area contributed by atoms with Crippen LogP contribution in [0.4, 0.5) is 18.9 Å². The van der Waals surface area contributed by atoms with Crippen LogP contribution in [0.5, 0.6) is 0 Å². The maximum absolute atomic E-state index is 12.7. The monoisotopic (exact) mass is 350 g/mol. The Bertz CT molecular complexity index is 756. The summed E-state index contributed by atoms with van der Waals surface area (Å²) in [5.41, 5.74) is 0.361. The van der Waals surface area contributed by atoms with E-state index in [-0.39, 0.29) is 17.2 Å². The first kappa shape index (κ1) is 17.2. The average Bonchev–Trinajstić information content (AvgIpc) is 2.61. The number of hydrogen-bond acceptors (Lipinski definition) is 4. The van der Waals surface area contributed by atoms with Crippen molar-refractivity contribution in [3.8, 4) is 0 Å². The SMILES string of the molecule is Cc1nc(C(F)(F)F)ccc1C(=O)N1CCN(c2ccncc2)CC1. The van der Waals surface area contributed by atoms with E-state index in [1.165, 1.54) is 13.0 Å². The Balaban J connectivity index is 1.69. The lowest BCUT2D eigenvalue weighted by Crippen LogP contribution is -2.49. The van der Waals surface area contributed by atoms with Crippen molar-refractivity contribution in [3.63, 3.8) is 0 Å². The molecule has 0 N–H and O–H groups in total. The zero-order valence-electron chi connectivity index (χ0n) is 13.6. The predicted molar refractivity (Wildman–Crippen MR) is 86.3 cm³/mol. The third-order valence-electron chi connectivity index (χ3n) is 4.20. The molecule has 0 spiro atoms. The maximum atomic E-state index is 12.7. The third-order valence-corrected chi connectivity index (χ3v) is 4.20. The summed E-state index contributed by atoms with van der Waals surface area (Å²) in [6.07, 6.45) is -1.09. The molecule has 0 unspecified atom stereocenters. The Hall–Kier alpha value is -2.64. The van der Waals surface area contributed by atoms with Crippen LogP contribution >= 0.6 is 0 Å². The minimum absolute atomic E-state index is 0.0939. The Labute approximate surface area is 143 Å². The van der Waals surface area contributed by atoms with Gasteiger partial charge in [0.05, 0.1) is 11.3 Å². The number of amides is 1. The normalized spacial score (nSPS) is 15.4. The highest BCUT2D eigenvalue weighted by atomic mass is 19.4. The fourth-order valence-electron chi connectivity index (χ4n) is 2.84. The number of anilines is 1. The number of halogens is 3. The van der Waals surface area contributed by atoms with Crippen molar-refractivity contribution in [2.45, 2.75) is 13.1 Å². The van der Waals surface area contributed by atoms with Gasteiger partial charge in [0, 0.05) is 44.3 Å². The van der Waals surface area contributed by atoms with Crippen molar-refractivity contribution in [1.82, 2.24) is 14.9 Å². The molecule has 0 atom stereocenters. The van der Waals surface area contributed by atoms with Gasteiger partial charge in [-0.3, -0.25) is 9.78 Å². The highest BCUT2D eigenvalue weighted by Gasteiger charge is 2.33. The largest absolute Gasteiger partial charge is 0.433 e. The third kappa shape index (κ3) is 3.72. The molecule has 0 radical (unpaired) electrons. The Kier molecular flexibility index (Phi) is 4.61. The lowest BCUT2D eigenvalue weighted by atomic mass is 10.1. The lowest BCUT2D eigenvalue weighted by Gasteiger charge is -2.36.